The first-order valence-electron chi connectivity index (χ1n) is 4.34. The summed E-state index contributed by atoms with van der Waals surface area (Å²) in [7, 11) is 0. The maximum atomic E-state index is 10.5. The van der Waals surface area contributed by atoms with E-state index in [0.29, 0.717) is 26.4 Å². The van der Waals surface area contributed by atoms with Crippen molar-refractivity contribution in [3.05, 3.63) is 0 Å². The molecule has 0 unspecified atom stereocenters. The summed E-state index contributed by atoms with van der Waals surface area (Å²) >= 11 is 0. The minimum atomic E-state index is -0.857. The summed E-state index contributed by atoms with van der Waals surface area (Å²) in [6.07, 6.45) is 0. The van der Waals surface area contributed by atoms with Crippen LogP contribution in [-0.4, -0.2) is 49.6 Å². The van der Waals surface area contributed by atoms with Crippen LogP contribution in [0.15, 0.2) is 0 Å². The lowest BCUT2D eigenvalue weighted by atomic mass is 10.2. The van der Waals surface area contributed by atoms with E-state index in [9.17, 15) is 4.79 Å². The first-order chi connectivity index (χ1) is 6.20. The Bertz CT molecular complexity index is 166. The Kier molecular flexibility index (Phi) is 4.14. The molecule has 2 N–H and O–H groups in total. The fourth-order valence-electron chi connectivity index (χ4n) is 1.14. The third-order valence-corrected chi connectivity index (χ3v) is 1.87. The maximum absolute atomic E-state index is 10.5. The van der Waals surface area contributed by atoms with Crippen LogP contribution in [0.2, 0.25) is 0 Å². The SMILES string of the molecule is C[C@H](NC1COCCOC1)C(=O)O. The second-order valence-corrected chi connectivity index (χ2v) is 3.07. The lowest BCUT2D eigenvalue weighted by Crippen LogP contribution is -2.45. The molecule has 1 atom stereocenters. The van der Waals surface area contributed by atoms with Crippen LogP contribution in [0.1, 0.15) is 6.92 Å². The van der Waals surface area contributed by atoms with Gasteiger partial charge in [0.05, 0.1) is 32.5 Å². The van der Waals surface area contributed by atoms with Gasteiger partial charge in [-0.3, -0.25) is 10.1 Å². The lowest BCUT2D eigenvalue weighted by molar-refractivity contribution is -0.139. The van der Waals surface area contributed by atoms with Crippen molar-refractivity contribution < 1.29 is 19.4 Å². The van der Waals surface area contributed by atoms with Crippen molar-refractivity contribution in [1.82, 2.24) is 5.32 Å². The molecule has 0 aromatic carbocycles. The van der Waals surface area contributed by atoms with Gasteiger partial charge in [-0.25, -0.2) is 0 Å². The number of carboxylic acids is 1. The molecule has 0 saturated carbocycles. The van der Waals surface area contributed by atoms with Crippen molar-refractivity contribution in [2.75, 3.05) is 26.4 Å². The highest BCUT2D eigenvalue weighted by Gasteiger charge is 2.18. The molecule has 13 heavy (non-hydrogen) atoms. The molecular formula is C8H15NO4. The van der Waals surface area contributed by atoms with Gasteiger partial charge in [0.25, 0.3) is 0 Å². The van der Waals surface area contributed by atoms with E-state index in [4.69, 9.17) is 14.6 Å². The number of ether oxygens (including phenoxy) is 2. The Morgan fingerprint density at radius 3 is 2.46 bits per heavy atom. The molecule has 5 heteroatoms. The van der Waals surface area contributed by atoms with Gasteiger partial charge in [0.15, 0.2) is 0 Å². The minimum absolute atomic E-state index is 0.0198. The Morgan fingerprint density at radius 2 is 2.00 bits per heavy atom. The van der Waals surface area contributed by atoms with Crippen LogP contribution in [0.5, 0.6) is 0 Å². The molecule has 1 aliphatic heterocycles. The van der Waals surface area contributed by atoms with E-state index in [0.717, 1.165) is 0 Å². The summed E-state index contributed by atoms with van der Waals surface area (Å²) in [6.45, 7) is 3.79. The van der Waals surface area contributed by atoms with E-state index in [1.54, 1.807) is 6.92 Å². The van der Waals surface area contributed by atoms with Crippen molar-refractivity contribution in [2.45, 2.75) is 19.0 Å². The van der Waals surface area contributed by atoms with E-state index < -0.39 is 12.0 Å². The Labute approximate surface area is 77.0 Å². The van der Waals surface area contributed by atoms with Crippen molar-refractivity contribution in [3.63, 3.8) is 0 Å². The van der Waals surface area contributed by atoms with Crippen LogP contribution in [0.3, 0.4) is 0 Å². The number of rotatable bonds is 3. The quantitative estimate of drug-likeness (QED) is 0.624. The zero-order valence-corrected chi connectivity index (χ0v) is 7.66. The Balaban J connectivity index is 2.29. The molecular weight excluding hydrogens is 174 g/mol. The van der Waals surface area contributed by atoms with E-state index in [2.05, 4.69) is 5.32 Å². The summed E-state index contributed by atoms with van der Waals surface area (Å²) in [5, 5.41) is 11.5. The maximum Gasteiger partial charge on any atom is 0.320 e. The predicted molar refractivity (Wildman–Crippen MR) is 45.7 cm³/mol. The standard InChI is InChI=1S/C8H15NO4/c1-6(8(10)11)9-7-4-12-2-3-13-5-7/h6-7,9H,2-5H2,1H3,(H,10,11)/t6-/m0/s1. The molecule has 0 aromatic rings. The zero-order chi connectivity index (χ0) is 9.68. The topological polar surface area (TPSA) is 67.8 Å². The van der Waals surface area contributed by atoms with E-state index in [-0.39, 0.29) is 6.04 Å². The van der Waals surface area contributed by atoms with Crippen molar-refractivity contribution in [1.29, 1.82) is 0 Å². The highest BCUT2D eigenvalue weighted by molar-refractivity contribution is 5.72. The molecule has 1 aliphatic rings. The van der Waals surface area contributed by atoms with Gasteiger partial charge in [0.1, 0.15) is 6.04 Å². The number of hydrogen-bond donors (Lipinski definition) is 2. The Morgan fingerprint density at radius 1 is 1.46 bits per heavy atom. The van der Waals surface area contributed by atoms with Gasteiger partial charge in [0, 0.05) is 0 Å². The molecule has 1 heterocycles. The van der Waals surface area contributed by atoms with E-state index in [1.807, 2.05) is 0 Å². The molecule has 0 amide bonds. The number of hydrogen-bond acceptors (Lipinski definition) is 4. The van der Waals surface area contributed by atoms with Gasteiger partial charge in [-0.15, -0.1) is 0 Å². The summed E-state index contributed by atoms with van der Waals surface area (Å²) in [5.41, 5.74) is 0. The number of carboxylic acid groups (broad SMARTS) is 1. The van der Waals surface area contributed by atoms with Gasteiger partial charge in [-0.2, -0.15) is 0 Å². The van der Waals surface area contributed by atoms with Gasteiger partial charge in [-0.05, 0) is 6.92 Å². The lowest BCUT2D eigenvalue weighted by Gasteiger charge is -2.17. The number of aliphatic carboxylic acids is 1. The molecule has 1 rings (SSSR count). The fourth-order valence-corrected chi connectivity index (χ4v) is 1.14. The smallest absolute Gasteiger partial charge is 0.320 e. The largest absolute Gasteiger partial charge is 0.480 e. The molecule has 1 saturated heterocycles. The summed E-state index contributed by atoms with van der Waals surface area (Å²) in [5.74, 6) is -0.857. The molecule has 0 aromatic heterocycles. The van der Waals surface area contributed by atoms with Gasteiger partial charge in [-0.1, -0.05) is 0 Å². The van der Waals surface area contributed by atoms with Crippen molar-refractivity contribution >= 4 is 5.97 Å². The molecule has 0 spiro atoms. The third-order valence-electron chi connectivity index (χ3n) is 1.87. The average molecular weight is 189 g/mol. The normalized spacial score (nSPS) is 22.2. The average Bonchev–Trinajstić information content (AvgIpc) is 2.32. The predicted octanol–water partition coefficient (Wildman–Crippen LogP) is -0.535. The van der Waals surface area contributed by atoms with E-state index >= 15 is 0 Å². The van der Waals surface area contributed by atoms with Crippen molar-refractivity contribution in [2.24, 2.45) is 0 Å². The molecule has 76 valence electrons. The van der Waals surface area contributed by atoms with Crippen LogP contribution < -0.4 is 5.32 Å². The van der Waals surface area contributed by atoms with Gasteiger partial charge >= 0.3 is 5.97 Å². The van der Waals surface area contributed by atoms with E-state index in [1.165, 1.54) is 0 Å². The summed E-state index contributed by atoms with van der Waals surface area (Å²) < 4.78 is 10.4. The van der Waals surface area contributed by atoms with Crippen LogP contribution in [0.4, 0.5) is 0 Å². The van der Waals surface area contributed by atoms with Crippen LogP contribution in [0.25, 0.3) is 0 Å². The highest BCUT2D eigenvalue weighted by Crippen LogP contribution is 1.96. The molecule has 1 fully saturated rings. The molecule has 5 nitrogen and oxygen atoms in total. The molecule has 0 aliphatic carbocycles. The molecule has 0 radical (unpaired) electrons. The highest BCUT2D eigenvalue weighted by atomic mass is 16.5. The molecule has 0 bridgehead atoms. The van der Waals surface area contributed by atoms with Crippen molar-refractivity contribution in [3.8, 4) is 0 Å². The summed E-state index contributed by atoms with van der Waals surface area (Å²) in [6, 6.07) is -0.580. The first kappa shape index (κ1) is 10.4. The second kappa shape index (κ2) is 5.16. The number of carbonyl (C=O) groups is 1. The Hall–Kier alpha value is -0.650. The second-order valence-electron chi connectivity index (χ2n) is 3.07. The minimum Gasteiger partial charge on any atom is -0.480 e. The van der Waals surface area contributed by atoms with Gasteiger partial charge < -0.3 is 14.6 Å². The summed E-state index contributed by atoms with van der Waals surface area (Å²) in [4.78, 5) is 10.5. The van der Waals surface area contributed by atoms with Gasteiger partial charge in [0.2, 0.25) is 0 Å². The monoisotopic (exact) mass is 189 g/mol. The first-order valence-corrected chi connectivity index (χ1v) is 4.34. The van der Waals surface area contributed by atoms with Crippen LogP contribution in [0, 0.1) is 0 Å². The van der Waals surface area contributed by atoms with Crippen LogP contribution >= 0.6 is 0 Å². The zero-order valence-electron chi connectivity index (χ0n) is 7.66. The number of nitrogens with one attached hydrogen (secondary N) is 1. The van der Waals surface area contributed by atoms with Crippen LogP contribution in [-0.2, 0) is 14.3 Å². The third kappa shape index (κ3) is 3.71. The fraction of sp³-hybridized carbons (Fsp3) is 0.875.